The number of halogens is 1. The minimum Gasteiger partial charge on any atom is -0.481 e. The molecule has 1 aliphatic carbocycles. The lowest BCUT2D eigenvalue weighted by molar-refractivity contribution is -0.141. The van der Waals surface area contributed by atoms with Crippen molar-refractivity contribution in [2.24, 2.45) is 5.92 Å². The van der Waals surface area contributed by atoms with Crippen molar-refractivity contribution in [1.82, 2.24) is 4.90 Å². The van der Waals surface area contributed by atoms with Gasteiger partial charge in [-0.3, -0.25) is 9.59 Å². The van der Waals surface area contributed by atoms with E-state index in [9.17, 15) is 14.0 Å². The summed E-state index contributed by atoms with van der Waals surface area (Å²) in [5, 5.41) is 8.95. The third-order valence-corrected chi connectivity index (χ3v) is 4.89. The van der Waals surface area contributed by atoms with E-state index < -0.39 is 5.97 Å². The lowest BCUT2D eigenvalue weighted by Crippen LogP contribution is -2.45. The van der Waals surface area contributed by atoms with Crippen LogP contribution in [0.4, 0.5) is 4.39 Å². The molecule has 2 fully saturated rings. The molecule has 1 N–H and O–H groups in total. The summed E-state index contributed by atoms with van der Waals surface area (Å²) < 4.78 is 18.4. The summed E-state index contributed by atoms with van der Waals surface area (Å²) in [6, 6.07) is 6.33. The minimum atomic E-state index is -0.897. The van der Waals surface area contributed by atoms with Gasteiger partial charge in [0.15, 0.2) is 0 Å². The fourth-order valence-electron chi connectivity index (χ4n) is 3.44. The second kappa shape index (κ2) is 7.30. The number of hydrogen-bond donors (Lipinski definition) is 1. The van der Waals surface area contributed by atoms with E-state index in [0.717, 1.165) is 24.8 Å². The van der Waals surface area contributed by atoms with Gasteiger partial charge in [0.2, 0.25) is 5.91 Å². The van der Waals surface area contributed by atoms with Crippen molar-refractivity contribution in [3.63, 3.8) is 0 Å². The third-order valence-electron chi connectivity index (χ3n) is 4.89. The Morgan fingerprint density at radius 1 is 1.21 bits per heavy atom. The number of aliphatic carboxylic acids is 1. The Hall–Kier alpha value is -1.95. The standard InChI is InChI=1S/C18H22FNO4/c19-13-3-1-12(2-4-13)15-11-16(15)18(23)20(8-5-17(21)22)14-6-9-24-10-7-14/h1-4,14-16H,5-11H2,(H,21,22)/t15-,16+/m0/s1. The quantitative estimate of drug-likeness (QED) is 0.867. The summed E-state index contributed by atoms with van der Waals surface area (Å²) >= 11 is 0. The highest BCUT2D eigenvalue weighted by Gasteiger charge is 2.46. The van der Waals surface area contributed by atoms with Gasteiger partial charge in [-0.1, -0.05) is 12.1 Å². The Morgan fingerprint density at radius 2 is 1.88 bits per heavy atom. The first-order chi connectivity index (χ1) is 11.6. The zero-order valence-electron chi connectivity index (χ0n) is 13.5. The maximum absolute atomic E-state index is 13.0. The molecule has 1 amide bonds. The van der Waals surface area contributed by atoms with Gasteiger partial charge in [0.1, 0.15) is 5.82 Å². The van der Waals surface area contributed by atoms with Crippen LogP contribution in [0, 0.1) is 11.7 Å². The van der Waals surface area contributed by atoms with Crippen LogP contribution in [0.1, 0.15) is 37.2 Å². The van der Waals surface area contributed by atoms with E-state index in [0.29, 0.717) is 13.2 Å². The molecule has 6 heteroatoms. The number of benzene rings is 1. The van der Waals surface area contributed by atoms with E-state index in [1.54, 1.807) is 17.0 Å². The van der Waals surface area contributed by atoms with Gasteiger partial charge < -0.3 is 14.7 Å². The summed E-state index contributed by atoms with van der Waals surface area (Å²) in [5.41, 5.74) is 0.972. The van der Waals surface area contributed by atoms with Crippen LogP contribution in [-0.2, 0) is 14.3 Å². The molecule has 130 valence electrons. The molecule has 5 nitrogen and oxygen atoms in total. The zero-order chi connectivity index (χ0) is 17.1. The van der Waals surface area contributed by atoms with Gasteiger partial charge in [-0.15, -0.1) is 0 Å². The lowest BCUT2D eigenvalue weighted by Gasteiger charge is -2.34. The van der Waals surface area contributed by atoms with Crippen molar-refractivity contribution in [2.75, 3.05) is 19.8 Å². The second-order valence-electron chi connectivity index (χ2n) is 6.52. The number of carbonyl (C=O) groups excluding carboxylic acids is 1. The van der Waals surface area contributed by atoms with Gasteiger partial charge in [-0.05, 0) is 42.9 Å². The highest BCUT2D eigenvalue weighted by atomic mass is 19.1. The summed E-state index contributed by atoms with van der Waals surface area (Å²) in [7, 11) is 0. The van der Waals surface area contributed by atoms with Crippen molar-refractivity contribution in [2.45, 2.75) is 37.6 Å². The van der Waals surface area contributed by atoms with Crippen LogP contribution < -0.4 is 0 Å². The number of carbonyl (C=O) groups is 2. The van der Waals surface area contributed by atoms with Crippen LogP contribution in [0.15, 0.2) is 24.3 Å². The monoisotopic (exact) mass is 335 g/mol. The van der Waals surface area contributed by atoms with E-state index >= 15 is 0 Å². The number of ether oxygens (including phenoxy) is 1. The van der Waals surface area contributed by atoms with E-state index in [1.165, 1.54) is 12.1 Å². The molecule has 0 aromatic heterocycles. The fourth-order valence-corrected chi connectivity index (χ4v) is 3.44. The van der Waals surface area contributed by atoms with Crippen LogP contribution in [0.25, 0.3) is 0 Å². The zero-order valence-corrected chi connectivity index (χ0v) is 13.5. The SMILES string of the molecule is O=C(O)CCN(C(=O)[C@@H]1C[C@H]1c1ccc(F)cc1)C1CCOCC1. The van der Waals surface area contributed by atoms with E-state index in [4.69, 9.17) is 9.84 Å². The molecule has 1 aromatic carbocycles. The number of hydrogen-bond acceptors (Lipinski definition) is 3. The molecule has 3 rings (SSSR count). The van der Waals surface area contributed by atoms with Crippen LogP contribution in [0.5, 0.6) is 0 Å². The Morgan fingerprint density at radius 3 is 2.50 bits per heavy atom. The molecule has 1 aromatic rings. The molecular weight excluding hydrogens is 313 g/mol. The minimum absolute atomic E-state index is 0.0254. The maximum Gasteiger partial charge on any atom is 0.305 e. The first-order valence-corrected chi connectivity index (χ1v) is 8.41. The number of carboxylic acid groups (broad SMARTS) is 1. The van der Waals surface area contributed by atoms with Gasteiger partial charge in [0.25, 0.3) is 0 Å². The summed E-state index contributed by atoms with van der Waals surface area (Å²) in [4.78, 5) is 25.5. The van der Waals surface area contributed by atoms with Crippen molar-refractivity contribution in [3.05, 3.63) is 35.6 Å². The summed E-state index contributed by atoms with van der Waals surface area (Å²) in [6.45, 7) is 1.45. The molecule has 2 atom stereocenters. The first kappa shape index (κ1) is 16.9. The molecule has 1 heterocycles. The second-order valence-corrected chi connectivity index (χ2v) is 6.52. The summed E-state index contributed by atoms with van der Waals surface area (Å²) in [5.74, 6) is -1.16. The van der Waals surface area contributed by atoms with Gasteiger partial charge in [0.05, 0.1) is 6.42 Å². The predicted octanol–water partition coefficient (Wildman–Crippen LogP) is 2.41. The molecule has 24 heavy (non-hydrogen) atoms. The normalized spacial score (nSPS) is 23.7. The van der Waals surface area contributed by atoms with E-state index in [-0.39, 0.29) is 42.6 Å². The Balaban J connectivity index is 1.66. The number of amides is 1. The average molecular weight is 335 g/mol. The van der Waals surface area contributed by atoms with Crippen molar-refractivity contribution < 1.29 is 23.8 Å². The fraction of sp³-hybridized carbons (Fsp3) is 0.556. The van der Waals surface area contributed by atoms with Crippen LogP contribution in [-0.4, -0.2) is 47.7 Å². The van der Waals surface area contributed by atoms with Gasteiger partial charge in [-0.2, -0.15) is 0 Å². The van der Waals surface area contributed by atoms with Crippen molar-refractivity contribution in [3.8, 4) is 0 Å². The number of rotatable bonds is 6. The highest BCUT2D eigenvalue weighted by molar-refractivity contribution is 5.83. The maximum atomic E-state index is 13.0. The highest BCUT2D eigenvalue weighted by Crippen LogP contribution is 2.48. The topological polar surface area (TPSA) is 66.8 Å². The Labute approximate surface area is 140 Å². The van der Waals surface area contributed by atoms with Crippen LogP contribution >= 0.6 is 0 Å². The van der Waals surface area contributed by atoms with Gasteiger partial charge in [0, 0.05) is 31.7 Å². The van der Waals surface area contributed by atoms with Gasteiger partial charge >= 0.3 is 5.97 Å². The van der Waals surface area contributed by atoms with Crippen molar-refractivity contribution >= 4 is 11.9 Å². The average Bonchev–Trinajstić information content (AvgIpc) is 3.37. The van der Waals surface area contributed by atoms with Crippen LogP contribution in [0.3, 0.4) is 0 Å². The molecule has 2 aliphatic rings. The first-order valence-electron chi connectivity index (χ1n) is 8.41. The molecule has 1 saturated heterocycles. The molecular formula is C18H22FNO4. The molecule has 0 bridgehead atoms. The molecule has 1 aliphatic heterocycles. The molecule has 1 saturated carbocycles. The largest absolute Gasteiger partial charge is 0.481 e. The van der Waals surface area contributed by atoms with E-state index in [2.05, 4.69) is 0 Å². The molecule has 0 spiro atoms. The molecule has 0 unspecified atom stereocenters. The smallest absolute Gasteiger partial charge is 0.305 e. The lowest BCUT2D eigenvalue weighted by atomic mass is 10.0. The Bertz CT molecular complexity index is 598. The van der Waals surface area contributed by atoms with E-state index in [1.807, 2.05) is 0 Å². The van der Waals surface area contributed by atoms with Crippen LogP contribution in [0.2, 0.25) is 0 Å². The number of nitrogens with zero attached hydrogens (tertiary/aromatic N) is 1. The Kier molecular flexibility index (Phi) is 5.14. The van der Waals surface area contributed by atoms with Gasteiger partial charge in [-0.25, -0.2) is 4.39 Å². The molecule has 0 radical (unpaired) electrons. The predicted molar refractivity (Wildman–Crippen MR) is 85.1 cm³/mol. The third kappa shape index (κ3) is 3.93. The summed E-state index contributed by atoms with van der Waals surface area (Å²) in [6.07, 6.45) is 2.20. The van der Waals surface area contributed by atoms with Crippen molar-refractivity contribution in [1.29, 1.82) is 0 Å². The number of carboxylic acids is 1.